The minimum atomic E-state index is 0.570. The average Bonchev–Trinajstić information content (AvgIpc) is 2.52. The van der Waals surface area contributed by atoms with Crippen molar-refractivity contribution in [1.29, 1.82) is 0 Å². The molecule has 0 aliphatic heterocycles. The summed E-state index contributed by atoms with van der Waals surface area (Å²) < 4.78 is 0. The van der Waals surface area contributed by atoms with E-state index in [0.29, 0.717) is 6.54 Å². The Balaban J connectivity index is 2.11. The number of thioether (sulfide) groups is 1. The SMILES string of the molecule is CSc1cccc(N(C)CCc2ccccn2)c1CN. The highest BCUT2D eigenvalue weighted by Gasteiger charge is 2.10. The molecule has 0 radical (unpaired) electrons. The summed E-state index contributed by atoms with van der Waals surface area (Å²) in [5.41, 5.74) is 9.48. The molecule has 0 fully saturated rings. The van der Waals surface area contributed by atoms with Crippen molar-refractivity contribution >= 4 is 17.4 Å². The Bertz CT molecular complexity index is 543. The van der Waals surface area contributed by atoms with Crippen LogP contribution in [0, 0.1) is 0 Å². The minimum Gasteiger partial charge on any atom is -0.374 e. The standard InChI is InChI=1S/C16H21N3S/c1-19(11-9-13-6-3-4-10-18-13)15-7-5-8-16(20-2)14(15)12-17/h3-8,10H,9,11-12,17H2,1-2H3. The Morgan fingerprint density at radius 1 is 1.20 bits per heavy atom. The Morgan fingerprint density at radius 3 is 2.70 bits per heavy atom. The maximum atomic E-state index is 5.92. The fourth-order valence-electron chi connectivity index (χ4n) is 2.26. The van der Waals surface area contributed by atoms with Crippen LogP contribution in [0.5, 0.6) is 0 Å². The lowest BCUT2D eigenvalue weighted by Crippen LogP contribution is -2.22. The molecule has 0 spiro atoms. The summed E-state index contributed by atoms with van der Waals surface area (Å²) in [6.07, 6.45) is 4.87. The molecule has 0 aliphatic carbocycles. The van der Waals surface area contributed by atoms with Crippen molar-refractivity contribution in [1.82, 2.24) is 4.98 Å². The van der Waals surface area contributed by atoms with Gasteiger partial charge in [-0.25, -0.2) is 0 Å². The summed E-state index contributed by atoms with van der Waals surface area (Å²) in [5.74, 6) is 0. The van der Waals surface area contributed by atoms with Crippen LogP contribution in [0.2, 0.25) is 0 Å². The molecule has 0 unspecified atom stereocenters. The summed E-state index contributed by atoms with van der Waals surface area (Å²) in [5, 5.41) is 0. The highest BCUT2D eigenvalue weighted by Crippen LogP contribution is 2.28. The molecule has 0 aliphatic rings. The Kier molecular flexibility index (Phi) is 5.44. The number of nitrogens with two attached hydrogens (primary N) is 1. The lowest BCUT2D eigenvalue weighted by Gasteiger charge is -2.23. The van der Waals surface area contributed by atoms with Crippen molar-refractivity contribution in [3.63, 3.8) is 0 Å². The minimum absolute atomic E-state index is 0.570. The summed E-state index contributed by atoms with van der Waals surface area (Å²) in [6.45, 7) is 1.50. The second kappa shape index (κ2) is 7.31. The van der Waals surface area contributed by atoms with Crippen LogP contribution in [0.15, 0.2) is 47.5 Å². The van der Waals surface area contributed by atoms with E-state index in [4.69, 9.17) is 5.73 Å². The zero-order valence-corrected chi connectivity index (χ0v) is 12.9. The fourth-order valence-corrected chi connectivity index (χ4v) is 2.91. The first-order chi connectivity index (χ1) is 9.76. The van der Waals surface area contributed by atoms with Crippen molar-refractivity contribution in [3.05, 3.63) is 53.9 Å². The van der Waals surface area contributed by atoms with Crippen molar-refractivity contribution < 1.29 is 0 Å². The molecule has 106 valence electrons. The van der Waals surface area contributed by atoms with Gasteiger partial charge in [0.2, 0.25) is 0 Å². The van der Waals surface area contributed by atoms with Gasteiger partial charge in [0.1, 0.15) is 0 Å². The van der Waals surface area contributed by atoms with Gasteiger partial charge in [-0.3, -0.25) is 4.98 Å². The molecule has 3 nitrogen and oxygen atoms in total. The highest BCUT2D eigenvalue weighted by molar-refractivity contribution is 7.98. The smallest absolute Gasteiger partial charge is 0.0421 e. The van der Waals surface area contributed by atoms with Gasteiger partial charge in [0, 0.05) is 54.6 Å². The first-order valence-corrected chi connectivity index (χ1v) is 7.95. The molecule has 4 heteroatoms. The zero-order chi connectivity index (χ0) is 14.4. The van der Waals surface area contributed by atoms with Crippen molar-refractivity contribution in [2.24, 2.45) is 5.73 Å². The Hall–Kier alpha value is -1.52. The van der Waals surface area contributed by atoms with Gasteiger partial charge in [-0.1, -0.05) is 12.1 Å². The molecule has 0 bridgehead atoms. The van der Waals surface area contributed by atoms with E-state index in [9.17, 15) is 0 Å². The summed E-state index contributed by atoms with van der Waals surface area (Å²) in [7, 11) is 2.11. The molecular weight excluding hydrogens is 266 g/mol. The van der Waals surface area contributed by atoms with Gasteiger partial charge in [0.15, 0.2) is 0 Å². The third-order valence-electron chi connectivity index (χ3n) is 3.37. The van der Waals surface area contributed by atoms with E-state index >= 15 is 0 Å². The number of anilines is 1. The molecule has 0 saturated carbocycles. The summed E-state index contributed by atoms with van der Waals surface area (Å²) in [6, 6.07) is 12.4. The lowest BCUT2D eigenvalue weighted by molar-refractivity contribution is 0.840. The van der Waals surface area contributed by atoms with Crippen molar-refractivity contribution in [2.75, 3.05) is 24.7 Å². The molecule has 0 amide bonds. The first-order valence-electron chi connectivity index (χ1n) is 6.73. The number of likely N-dealkylation sites (N-methyl/N-ethyl adjacent to an activating group) is 1. The van der Waals surface area contributed by atoms with Gasteiger partial charge in [-0.05, 0) is 30.5 Å². The predicted octanol–water partition coefficient (Wildman–Crippen LogP) is 2.94. The van der Waals surface area contributed by atoms with E-state index in [1.165, 1.54) is 16.1 Å². The Labute approximate surface area is 125 Å². The predicted molar refractivity (Wildman–Crippen MR) is 87.3 cm³/mol. The van der Waals surface area contributed by atoms with Gasteiger partial charge >= 0.3 is 0 Å². The maximum absolute atomic E-state index is 5.92. The van der Waals surface area contributed by atoms with Gasteiger partial charge in [-0.2, -0.15) is 0 Å². The molecule has 0 saturated heterocycles. The number of hydrogen-bond acceptors (Lipinski definition) is 4. The molecule has 1 heterocycles. The monoisotopic (exact) mass is 287 g/mol. The molecule has 20 heavy (non-hydrogen) atoms. The molecular formula is C16H21N3S. The number of nitrogens with zero attached hydrogens (tertiary/aromatic N) is 2. The number of hydrogen-bond donors (Lipinski definition) is 1. The maximum Gasteiger partial charge on any atom is 0.0421 e. The van der Waals surface area contributed by atoms with Crippen LogP contribution >= 0.6 is 11.8 Å². The first kappa shape index (κ1) is 14.9. The van der Waals surface area contributed by atoms with Crippen LogP contribution in [0.3, 0.4) is 0 Å². The normalized spacial score (nSPS) is 10.6. The van der Waals surface area contributed by atoms with E-state index in [2.05, 4.69) is 47.5 Å². The van der Waals surface area contributed by atoms with Crippen LogP contribution in [0.4, 0.5) is 5.69 Å². The average molecular weight is 287 g/mol. The third kappa shape index (κ3) is 3.52. The van der Waals surface area contributed by atoms with E-state index in [1.807, 2.05) is 18.3 Å². The topological polar surface area (TPSA) is 42.2 Å². The molecule has 2 rings (SSSR count). The van der Waals surface area contributed by atoms with Gasteiger partial charge in [0.25, 0.3) is 0 Å². The summed E-state index contributed by atoms with van der Waals surface area (Å²) >= 11 is 1.75. The van der Waals surface area contributed by atoms with Crippen LogP contribution in [-0.2, 0) is 13.0 Å². The third-order valence-corrected chi connectivity index (χ3v) is 4.20. The van der Waals surface area contributed by atoms with Gasteiger partial charge in [0.05, 0.1) is 0 Å². The van der Waals surface area contributed by atoms with Crippen LogP contribution < -0.4 is 10.6 Å². The molecule has 0 atom stereocenters. The molecule has 1 aromatic carbocycles. The number of benzene rings is 1. The summed E-state index contributed by atoms with van der Waals surface area (Å²) in [4.78, 5) is 7.88. The quantitative estimate of drug-likeness (QED) is 0.830. The second-order valence-corrected chi connectivity index (χ2v) is 5.50. The molecule has 1 aromatic heterocycles. The largest absolute Gasteiger partial charge is 0.374 e. The van der Waals surface area contributed by atoms with E-state index < -0.39 is 0 Å². The molecule has 2 aromatic rings. The van der Waals surface area contributed by atoms with Gasteiger partial charge in [-0.15, -0.1) is 11.8 Å². The van der Waals surface area contributed by atoms with Crippen LogP contribution in [0.25, 0.3) is 0 Å². The highest BCUT2D eigenvalue weighted by atomic mass is 32.2. The lowest BCUT2D eigenvalue weighted by atomic mass is 10.1. The second-order valence-electron chi connectivity index (χ2n) is 4.65. The number of pyridine rings is 1. The van der Waals surface area contributed by atoms with Gasteiger partial charge < -0.3 is 10.6 Å². The van der Waals surface area contributed by atoms with Crippen LogP contribution in [0.1, 0.15) is 11.3 Å². The molecule has 2 N–H and O–H groups in total. The number of rotatable bonds is 6. The Morgan fingerprint density at radius 2 is 2.05 bits per heavy atom. The van der Waals surface area contributed by atoms with E-state index in [-0.39, 0.29) is 0 Å². The van der Waals surface area contributed by atoms with E-state index in [1.54, 1.807) is 11.8 Å². The zero-order valence-electron chi connectivity index (χ0n) is 12.0. The van der Waals surface area contributed by atoms with E-state index in [0.717, 1.165) is 18.7 Å². The number of aromatic nitrogens is 1. The van der Waals surface area contributed by atoms with Crippen molar-refractivity contribution in [3.8, 4) is 0 Å². The fraction of sp³-hybridized carbons (Fsp3) is 0.312. The van der Waals surface area contributed by atoms with Crippen LogP contribution in [-0.4, -0.2) is 24.8 Å². The van der Waals surface area contributed by atoms with Crippen molar-refractivity contribution in [2.45, 2.75) is 17.9 Å².